The van der Waals surface area contributed by atoms with Gasteiger partial charge in [-0.1, -0.05) is 60.9 Å². The first-order valence-electron chi connectivity index (χ1n) is 21.5. The molecule has 0 bridgehead atoms. The number of hydrogen-bond donors (Lipinski definition) is 1. The third kappa shape index (κ3) is 17.9. The molecule has 4 aromatic carbocycles. The second-order valence-corrected chi connectivity index (χ2v) is 15.6. The summed E-state index contributed by atoms with van der Waals surface area (Å²) in [7, 11) is 0. The molecular weight excluding hydrogens is 835 g/mol. The van der Waals surface area contributed by atoms with E-state index < -0.39 is 23.9 Å². The molecular formula is C50H55N3O10S. The maximum Gasteiger partial charge on any atom is 0.330 e. The van der Waals surface area contributed by atoms with Gasteiger partial charge in [0.1, 0.15) is 23.0 Å². The fourth-order valence-corrected chi connectivity index (χ4v) is 6.99. The van der Waals surface area contributed by atoms with Crippen molar-refractivity contribution in [1.29, 1.82) is 0 Å². The molecule has 0 aliphatic heterocycles. The van der Waals surface area contributed by atoms with E-state index in [9.17, 15) is 19.2 Å². The number of fused-ring (bicyclic) bond motifs is 1. The molecule has 5 aromatic rings. The first-order valence-corrected chi connectivity index (χ1v) is 22.3. The van der Waals surface area contributed by atoms with Crippen LogP contribution >= 0.6 is 11.3 Å². The Hall–Kier alpha value is -6.80. The van der Waals surface area contributed by atoms with Crippen LogP contribution in [0.15, 0.2) is 121 Å². The molecule has 0 unspecified atom stereocenters. The van der Waals surface area contributed by atoms with Gasteiger partial charge in [0, 0.05) is 30.6 Å². The molecule has 13 nitrogen and oxygen atoms in total. The standard InChI is InChI=1S/C50H55N3O10S/c1-3-46(54)60-33-13-7-5-11-31-58-40-23-17-37(18-24-40)21-29-48(56)62-42-27-28-44(39(35-42)36-51-53-50-52-43-15-9-10-16-45(43)64-50)63-49(57)30-22-38-19-25-41(26-20-38)59-32-12-6-8-14-34-61-47(55)4-2/h3-4,9-10,15-20,23-28,35-36H,1-2,5-8,11-14,21-22,29-34H2,(H,52,53)/b51-36+. The quantitative estimate of drug-likeness (QED) is 0.0121. The summed E-state index contributed by atoms with van der Waals surface area (Å²) in [5.74, 6) is 0.384. The lowest BCUT2D eigenvalue weighted by molar-refractivity contribution is -0.138. The van der Waals surface area contributed by atoms with E-state index in [0.717, 1.165) is 96.4 Å². The summed E-state index contributed by atoms with van der Waals surface area (Å²) in [5.41, 5.74) is 6.14. The summed E-state index contributed by atoms with van der Waals surface area (Å²) in [5, 5.41) is 4.95. The number of esters is 4. The molecule has 14 heteroatoms. The highest BCUT2D eigenvalue weighted by Crippen LogP contribution is 2.27. The average Bonchev–Trinajstić information content (AvgIpc) is 3.73. The second kappa shape index (κ2) is 27.3. The Morgan fingerprint density at radius 3 is 1.67 bits per heavy atom. The summed E-state index contributed by atoms with van der Waals surface area (Å²) >= 11 is 1.45. The number of carbonyl (C=O) groups is 4. The van der Waals surface area contributed by atoms with Gasteiger partial charge in [0.05, 0.1) is 42.9 Å². The normalized spacial score (nSPS) is 10.9. The Morgan fingerprint density at radius 1 is 0.609 bits per heavy atom. The van der Waals surface area contributed by atoms with Crippen LogP contribution in [0.3, 0.4) is 0 Å². The summed E-state index contributed by atoms with van der Waals surface area (Å²) in [6.45, 7) is 8.71. The Balaban J connectivity index is 1.08. The third-order valence-corrected chi connectivity index (χ3v) is 10.6. The van der Waals surface area contributed by atoms with Gasteiger partial charge in [0.15, 0.2) is 0 Å². The summed E-state index contributed by atoms with van der Waals surface area (Å²) in [6, 6.07) is 27.8. The van der Waals surface area contributed by atoms with Gasteiger partial charge >= 0.3 is 23.9 Å². The number of unbranched alkanes of at least 4 members (excludes halogenated alkanes) is 6. The number of ether oxygens (including phenoxy) is 6. The average molecular weight is 890 g/mol. The maximum absolute atomic E-state index is 13.1. The lowest BCUT2D eigenvalue weighted by Crippen LogP contribution is -2.12. The van der Waals surface area contributed by atoms with Crippen molar-refractivity contribution in [2.75, 3.05) is 31.9 Å². The van der Waals surface area contributed by atoms with Gasteiger partial charge in [-0.3, -0.25) is 15.0 Å². The van der Waals surface area contributed by atoms with Gasteiger partial charge in [-0.2, -0.15) is 5.10 Å². The highest BCUT2D eigenvalue weighted by molar-refractivity contribution is 7.22. The Bertz CT molecular complexity index is 2270. The molecule has 1 N–H and O–H groups in total. The highest BCUT2D eigenvalue weighted by Gasteiger charge is 2.14. The molecule has 0 amide bonds. The number of aryl methyl sites for hydroxylation is 2. The van der Waals surface area contributed by atoms with E-state index in [1.807, 2.05) is 72.8 Å². The molecule has 1 aromatic heterocycles. The van der Waals surface area contributed by atoms with E-state index in [2.05, 4.69) is 28.7 Å². The molecule has 336 valence electrons. The highest BCUT2D eigenvalue weighted by atomic mass is 32.1. The van der Waals surface area contributed by atoms with Crippen molar-refractivity contribution < 1.29 is 47.6 Å². The Morgan fingerprint density at radius 2 is 1.12 bits per heavy atom. The van der Waals surface area contributed by atoms with E-state index in [-0.39, 0.29) is 24.3 Å². The van der Waals surface area contributed by atoms with Crippen molar-refractivity contribution in [3.8, 4) is 23.0 Å². The van der Waals surface area contributed by atoms with Crippen LogP contribution in [0.1, 0.15) is 80.9 Å². The van der Waals surface area contributed by atoms with Crippen LogP contribution in [0.4, 0.5) is 5.13 Å². The Kier molecular flexibility index (Phi) is 20.6. The van der Waals surface area contributed by atoms with E-state index in [1.54, 1.807) is 18.2 Å². The monoisotopic (exact) mass is 889 g/mol. The predicted molar refractivity (Wildman–Crippen MR) is 248 cm³/mol. The topological polar surface area (TPSA) is 161 Å². The predicted octanol–water partition coefficient (Wildman–Crippen LogP) is 10.2. The van der Waals surface area contributed by atoms with Gasteiger partial charge in [-0.05, 0) is 130 Å². The minimum absolute atomic E-state index is 0.130. The zero-order chi connectivity index (χ0) is 45.2. The molecule has 5 rings (SSSR count). The molecule has 0 saturated carbocycles. The van der Waals surface area contributed by atoms with Crippen molar-refractivity contribution in [1.82, 2.24) is 4.98 Å². The SMILES string of the molecule is C=CC(=O)OCCCCCCOc1ccc(CCC(=O)Oc2ccc(OC(=O)CCc3ccc(OCCCCCCOC(=O)C=C)cc3)c(/C=N/Nc3nc4ccccc4s3)c2)cc1. The van der Waals surface area contributed by atoms with Gasteiger partial charge < -0.3 is 28.4 Å². The molecule has 0 atom stereocenters. The van der Waals surface area contributed by atoms with Crippen molar-refractivity contribution in [3.63, 3.8) is 0 Å². The molecule has 0 saturated heterocycles. The zero-order valence-electron chi connectivity index (χ0n) is 36.0. The van der Waals surface area contributed by atoms with Crippen LogP contribution in [0, 0.1) is 0 Å². The van der Waals surface area contributed by atoms with E-state index >= 15 is 0 Å². The molecule has 0 radical (unpaired) electrons. The number of rotatable bonds is 29. The first-order chi connectivity index (χ1) is 31.3. The van der Waals surface area contributed by atoms with Crippen LogP contribution in [0.5, 0.6) is 23.0 Å². The van der Waals surface area contributed by atoms with Crippen LogP contribution in [-0.4, -0.2) is 61.5 Å². The zero-order valence-corrected chi connectivity index (χ0v) is 36.8. The number of hydrazone groups is 1. The minimum Gasteiger partial charge on any atom is -0.494 e. The van der Waals surface area contributed by atoms with Gasteiger partial charge in [0.2, 0.25) is 5.13 Å². The summed E-state index contributed by atoms with van der Waals surface area (Å²) in [6.07, 6.45) is 12.2. The number of nitrogens with one attached hydrogen (secondary N) is 1. The lowest BCUT2D eigenvalue weighted by Gasteiger charge is -2.11. The third-order valence-electron chi connectivity index (χ3n) is 9.61. The molecule has 0 aliphatic carbocycles. The lowest BCUT2D eigenvalue weighted by atomic mass is 10.1. The molecule has 0 spiro atoms. The number of carbonyl (C=O) groups excluding carboxylic acids is 4. The van der Waals surface area contributed by atoms with Crippen molar-refractivity contribution in [2.45, 2.75) is 77.0 Å². The first kappa shape index (κ1) is 48.2. The van der Waals surface area contributed by atoms with E-state index in [0.29, 0.717) is 50.0 Å². The fourth-order valence-electron chi connectivity index (χ4n) is 6.17. The number of para-hydroxylation sites is 1. The van der Waals surface area contributed by atoms with Crippen molar-refractivity contribution in [2.24, 2.45) is 5.10 Å². The number of anilines is 1. The number of thiazole rings is 1. The maximum atomic E-state index is 13.1. The minimum atomic E-state index is -0.435. The van der Waals surface area contributed by atoms with E-state index in [4.69, 9.17) is 28.4 Å². The second-order valence-electron chi connectivity index (χ2n) is 14.6. The summed E-state index contributed by atoms with van der Waals surface area (Å²) in [4.78, 5) is 52.8. The number of benzene rings is 4. The van der Waals surface area contributed by atoms with Crippen LogP contribution in [0.2, 0.25) is 0 Å². The van der Waals surface area contributed by atoms with Gasteiger partial charge in [0.25, 0.3) is 0 Å². The molecule has 0 aliphatic rings. The van der Waals surface area contributed by atoms with Crippen LogP contribution in [-0.2, 0) is 41.5 Å². The molecule has 1 heterocycles. The summed E-state index contributed by atoms with van der Waals surface area (Å²) < 4.78 is 34.2. The van der Waals surface area contributed by atoms with E-state index in [1.165, 1.54) is 17.6 Å². The van der Waals surface area contributed by atoms with Gasteiger partial charge in [-0.15, -0.1) is 0 Å². The van der Waals surface area contributed by atoms with Crippen molar-refractivity contribution >= 4 is 56.8 Å². The smallest absolute Gasteiger partial charge is 0.330 e. The molecule has 0 fully saturated rings. The van der Waals surface area contributed by atoms with Crippen molar-refractivity contribution in [3.05, 3.63) is 133 Å². The number of hydrogen-bond acceptors (Lipinski definition) is 14. The van der Waals surface area contributed by atoms with Gasteiger partial charge in [-0.25, -0.2) is 14.6 Å². The Labute approximate surface area is 378 Å². The number of aromatic nitrogens is 1. The molecule has 64 heavy (non-hydrogen) atoms. The van der Waals surface area contributed by atoms with Crippen LogP contribution < -0.4 is 24.4 Å². The number of nitrogens with zero attached hydrogens (tertiary/aromatic N) is 2. The largest absolute Gasteiger partial charge is 0.494 e. The van der Waals surface area contributed by atoms with Crippen LogP contribution in [0.25, 0.3) is 10.2 Å². The fraction of sp³-hybridized carbons (Fsp3) is 0.320.